The molecular formula is C8H21NO4P2. The molecule has 0 radical (unpaired) electrons. The molecule has 0 fully saturated rings. The van der Waals surface area contributed by atoms with Gasteiger partial charge >= 0.3 is 0 Å². The number of nitrogens with one attached hydrogen (secondary N) is 1. The predicted octanol–water partition coefficient (Wildman–Crippen LogP) is 1.79. The van der Waals surface area contributed by atoms with Gasteiger partial charge in [-0.1, -0.05) is 0 Å². The number of rotatable bonds is 10. The van der Waals surface area contributed by atoms with Gasteiger partial charge in [0.2, 0.25) is 0 Å². The van der Waals surface area contributed by atoms with Crippen molar-refractivity contribution < 1.29 is 18.1 Å². The molecule has 1 N–H and O–H groups in total. The van der Waals surface area contributed by atoms with E-state index in [1.165, 1.54) is 0 Å². The van der Waals surface area contributed by atoms with E-state index >= 15 is 0 Å². The van der Waals surface area contributed by atoms with E-state index in [9.17, 15) is 0 Å². The molecule has 5 nitrogen and oxygen atoms in total. The average molecular weight is 257 g/mol. The standard InChI is InChI=1S/C8H21NO4P2/c1-10-14(11-2)7-5-9-6-8-15(12-3)13-4/h9H,5-8H2,1-4H3. The summed E-state index contributed by atoms with van der Waals surface area (Å²) in [6.07, 6.45) is 1.81. The van der Waals surface area contributed by atoms with Crippen LogP contribution in [0.15, 0.2) is 0 Å². The summed E-state index contributed by atoms with van der Waals surface area (Å²) in [5.41, 5.74) is 0. The molecule has 0 aliphatic carbocycles. The first-order valence-corrected chi connectivity index (χ1v) is 7.43. The molecule has 0 heterocycles. The molecule has 0 spiro atoms. The predicted molar refractivity (Wildman–Crippen MR) is 64.5 cm³/mol. The van der Waals surface area contributed by atoms with Gasteiger partial charge in [-0.3, -0.25) is 0 Å². The van der Waals surface area contributed by atoms with Crippen LogP contribution in [-0.4, -0.2) is 53.9 Å². The van der Waals surface area contributed by atoms with Crippen LogP contribution in [0.2, 0.25) is 0 Å². The van der Waals surface area contributed by atoms with Crippen LogP contribution >= 0.6 is 16.8 Å². The Kier molecular flexibility index (Phi) is 11.6. The Morgan fingerprint density at radius 3 is 1.33 bits per heavy atom. The van der Waals surface area contributed by atoms with E-state index < -0.39 is 16.8 Å². The highest BCUT2D eigenvalue weighted by atomic mass is 31.2. The van der Waals surface area contributed by atoms with Crippen LogP contribution in [0, 0.1) is 0 Å². The molecule has 15 heavy (non-hydrogen) atoms. The first-order valence-electron chi connectivity index (χ1n) is 4.70. The van der Waals surface area contributed by atoms with Crippen LogP contribution in [-0.2, 0) is 18.1 Å². The zero-order chi connectivity index (χ0) is 11.5. The molecule has 0 aliphatic rings. The van der Waals surface area contributed by atoms with Gasteiger partial charge in [0, 0.05) is 53.9 Å². The van der Waals surface area contributed by atoms with Crippen LogP contribution in [0.25, 0.3) is 0 Å². The quantitative estimate of drug-likeness (QED) is 0.477. The third-order valence-electron chi connectivity index (χ3n) is 1.76. The first-order chi connectivity index (χ1) is 7.28. The van der Waals surface area contributed by atoms with Gasteiger partial charge in [0.15, 0.2) is 16.8 Å². The van der Waals surface area contributed by atoms with Gasteiger partial charge in [-0.05, 0) is 0 Å². The van der Waals surface area contributed by atoms with Crippen molar-refractivity contribution in [3.8, 4) is 0 Å². The lowest BCUT2D eigenvalue weighted by Gasteiger charge is -2.14. The highest BCUT2D eigenvalue weighted by Crippen LogP contribution is 2.35. The average Bonchev–Trinajstić information content (AvgIpc) is 2.29. The van der Waals surface area contributed by atoms with Crippen LogP contribution < -0.4 is 5.32 Å². The van der Waals surface area contributed by atoms with Crippen LogP contribution in [0.5, 0.6) is 0 Å². The Labute approximate surface area is 94.6 Å². The summed E-state index contributed by atoms with van der Waals surface area (Å²) >= 11 is 0. The van der Waals surface area contributed by atoms with E-state index in [4.69, 9.17) is 18.1 Å². The number of hydrogen-bond donors (Lipinski definition) is 1. The Hall–Kier alpha value is 0.660. The normalized spacial score (nSPS) is 11.6. The van der Waals surface area contributed by atoms with Gasteiger partial charge in [-0.2, -0.15) is 0 Å². The lowest BCUT2D eigenvalue weighted by Crippen LogP contribution is -2.21. The minimum atomic E-state index is -0.715. The van der Waals surface area contributed by atoms with Crippen LogP contribution in [0.4, 0.5) is 0 Å². The Balaban J connectivity index is 3.30. The maximum absolute atomic E-state index is 5.13. The molecule has 0 aromatic carbocycles. The summed E-state index contributed by atoms with van der Waals surface area (Å²) in [5, 5.41) is 3.30. The van der Waals surface area contributed by atoms with Gasteiger partial charge in [0.1, 0.15) is 0 Å². The van der Waals surface area contributed by atoms with Gasteiger partial charge in [-0.15, -0.1) is 0 Å². The summed E-state index contributed by atoms with van der Waals surface area (Å²) in [5.74, 6) is 0. The maximum Gasteiger partial charge on any atom is 0.171 e. The van der Waals surface area contributed by atoms with Crippen molar-refractivity contribution in [2.45, 2.75) is 0 Å². The zero-order valence-corrected chi connectivity index (χ0v) is 11.6. The van der Waals surface area contributed by atoms with Crippen molar-refractivity contribution in [1.82, 2.24) is 5.32 Å². The minimum absolute atomic E-state index is 0.715. The fraction of sp³-hybridized carbons (Fsp3) is 1.00. The van der Waals surface area contributed by atoms with E-state index in [0.29, 0.717) is 0 Å². The Bertz CT molecular complexity index is 120. The molecule has 0 aromatic rings. The highest BCUT2D eigenvalue weighted by molar-refractivity contribution is 7.47. The van der Waals surface area contributed by atoms with Gasteiger partial charge in [-0.25, -0.2) is 0 Å². The Morgan fingerprint density at radius 2 is 1.07 bits per heavy atom. The summed E-state index contributed by atoms with van der Waals surface area (Å²) < 4.78 is 20.5. The lowest BCUT2D eigenvalue weighted by molar-refractivity contribution is 0.338. The highest BCUT2D eigenvalue weighted by Gasteiger charge is 2.07. The van der Waals surface area contributed by atoms with Crippen molar-refractivity contribution in [3.63, 3.8) is 0 Å². The summed E-state index contributed by atoms with van der Waals surface area (Å²) in [7, 11) is 5.25. The van der Waals surface area contributed by atoms with E-state index in [0.717, 1.165) is 25.4 Å². The van der Waals surface area contributed by atoms with E-state index in [1.807, 2.05) is 0 Å². The molecule has 0 aromatic heterocycles. The van der Waals surface area contributed by atoms with E-state index in [1.54, 1.807) is 28.4 Å². The van der Waals surface area contributed by atoms with Crippen molar-refractivity contribution >= 4 is 16.8 Å². The monoisotopic (exact) mass is 257 g/mol. The first kappa shape index (κ1) is 15.7. The molecule has 0 atom stereocenters. The van der Waals surface area contributed by atoms with E-state index in [2.05, 4.69) is 5.32 Å². The summed E-state index contributed by atoms with van der Waals surface area (Å²) in [6.45, 7) is 1.79. The molecule has 0 aliphatic heterocycles. The van der Waals surface area contributed by atoms with Gasteiger partial charge in [0.05, 0.1) is 0 Å². The second kappa shape index (κ2) is 11.2. The fourth-order valence-corrected chi connectivity index (χ4v) is 2.69. The van der Waals surface area contributed by atoms with Gasteiger partial charge < -0.3 is 23.4 Å². The minimum Gasteiger partial charge on any atom is -0.337 e. The van der Waals surface area contributed by atoms with Crippen molar-refractivity contribution in [3.05, 3.63) is 0 Å². The second-order valence-corrected chi connectivity index (χ2v) is 6.28. The third kappa shape index (κ3) is 8.47. The smallest absolute Gasteiger partial charge is 0.171 e. The van der Waals surface area contributed by atoms with Gasteiger partial charge in [0.25, 0.3) is 0 Å². The SMILES string of the molecule is COP(CCNCCP(OC)OC)OC. The van der Waals surface area contributed by atoms with Crippen molar-refractivity contribution in [2.24, 2.45) is 0 Å². The third-order valence-corrected chi connectivity index (χ3v) is 4.56. The molecule has 0 unspecified atom stereocenters. The summed E-state index contributed by atoms with van der Waals surface area (Å²) in [6, 6.07) is 0. The zero-order valence-electron chi connectivity index (χ0n) is 9.86. The number of hydrogen-bond acceptors (Lipinski definition) is 5. The summed E-state index contributed by atoms with van der Waals surface area (Å²) in [4.78, 5) is 0. The molecular weight excluding hydrogens is 236 g/mol. The lowest BCUT2D eigenvalue weighted by atomic mass is 10.7. The molecule has 7 heteroatoms. The second-order valence-electron chi connectivity index (χ2n) is 2.59. The Morgan fingerprint density at radius 1 is 0.733 bits per heavy atom. The fourth-order valence-electron chi connectivity index (χ4n) is 0.980. The van der Waals surface area contributed by atoms with Crippen molar-refractivity contribution in [2.75, 3.05) is 53.9 Å². The molecule has 0 rings (SSSR count). The van der Waals surface area contributed by atoms with Crippen LogP contribution in [0.1, 0.15) is 0 Å². The van der Waals surface area contributed by atoms with Crippen LogP contribution in [0.3, 0.4) is 0 Å². The molecule has 0 amide bonds. The molecule has 0 saturated carbocycles. The molecule has 92 valence electrons. The molecule has 0 saturated heterocycles. The molecule has 0 bridgehead atoms. The topological polar surface area (TPSA) is 49.0 Å². The van der Waals surface area contributed by atoms with Crippen molar-refractivity contribution in [1.29, 1.82) is 0 Å². The maximum atomic E-state index is 5.13. The largest absolute Gasteiger partial charge is 0.337 e. The van der Waals surface area contributed by atoms with E-state index in [-0.39, 0.29) is 0 Å².